The van der Waals surface area contributed by atoms with Crippen LogP contribution in [0, 0.1) is 0 Å². The van der Waals surface area contributed by atoms with Crippen LogP contribution in [0.5, 0.6) is 0 Å². The average Bonchev–Trinajstić information content (AvgIpc) is 2.62. The van der Waals surface area contributed by atoms with Crippen LogP contribution in [0.2, 0.25) is 0 Å². The lowest BCUT2D eigenvalue weighted by Crippen LogP contribution is -2.45. The first kappa shape index (κ1) is 16.2. The molecule has 0 spiro atoms. The Hall–Kier alpha value is -1.84. The Balaban J connectivity index is 2.40. The smallest absolute Gasteiger partial charge is 0.323 e. The van der Waals surface area contributed by atoms with E-state index in [9.17, 15) is 18.0 Å². The Kier molecular flexibility index (Phi) is 5.74. The fourth-order valence-corrected chi connectivity index (χ4v) is 1.75. The Bertz CT molecular complexity index is 502. The van der Waals surface area contributed by atoms with Gasteiger partial charge in [0, 0.05) is 20.0 Å². The lowest BCUT2D eigenvalue weighted by atomic mass is 10.2. The van der Waals surface area contributed by atoms with Gasteiger partial charge in [-0.3, -0.25) is 4.99 Å². The molecule has 9 nitrogen and oxygen atoms in total. The maximum Gasteiger partial charge on any atom is 0.439 e. The number of urea groups is 1. The third kappa shape index (κ3) is 5.43. The van der Waals surface area contributed by atoms with Crippen molar-refractivity contribution in [2.45, 2.75) is 25.7 Å². The summed E-state index contributed by atoms with van der Waals surface area (Å²) in [6, 6.07) is -1.10. The molecular formula is C10H18N4O5S. The van der Waals surface area contributed by atoms with E-state index in [4.69, 9.17) is 0 Å². The van der Waals surface area contributed by atoms with Crippen LogP contribution < -0.4 is 10.8 Å². The summed E-state index contributed by atoms with van der Waals surface area (Å²) in [5.74, 6) is 0.529. The molecule has 0 bridgehead atoms. The Morgan fingerprint density at radius 3 is 2.65 bits per heavy atom. The fraction of sp³-hybridized carbons (Fsp3) is 0.700. The van der Waals surface area contributed by atoms with Gasteiger partial charge in [0.15, 0.2) is 0 Å². The van der Waals surface area contributed by atoms with Crippen LogP contribution in [0.4, 0.5) is 9.59 Å². The molecule has 10 heteroatoms. The van der Waals surface area contributed by atoms with Gasteiger partial charge in [0.05, 0.1) is 6.26 Å². The molecule has 1 heterocycles. The molecule has 1 rings (SSSR count). The van der Waals surface area contributed by atoms with Gasteiger partial charge in [0.25, 0.3) is 0 Å². The molecule has 2 N–H and O–H groups in total. The number of amides is 3. The van der Waals surface area contributed by atoms with Gasteiger partial charge < -0.3 is 4.84 Å². The molecule has 0 aromatic rings. The van der Waals surface area contributed by atoms with E-state index in [1.165, 1.54) is 0 Å². The van der Waals surface area contributed by atoms with Crippen LogP contribution in [-0.4, -0.2) is 50.5 Å². The molecular weight excluding hydrogens is 288 g/mol. The summed E-state index contributed by atoms with van der Waals surface area (Å²) in [4.78, 5) is 31.5. The number of sulfonamides is 1. The van der Waals surface area contributed by atoms with E-state index in [0.717, 1.165) is 32.6 Å². The van der Waals surface area contributed by atoms with Crippen molar-refractivity contribution in [2.75, 3.05) is 19.8 Å². The molecule has 0 aromatic carbocycles. The summed E-state index contributed by atoms with van der Waals surface area (Å²) < 4.78 is 22.6. The molecule has 0 saturated heterocycles. The van der Waals surface area contributed by atoms with Gasteiger partial charge in [-0.1, -0.05) is 6.42 Å². The second-order valence-corrected chi connectivity index (χ2v) is 6.31. The van der Waals surface area contributed by atoms with Gasteiger partial charge in [-0.2, -0.15) is 0 Å². The van der Waals surface area contributed by atoms with Crippen molar-refractivity contribution in [3.05, 3.63) is 0 Å². The number of aliphatic imine (C=N–C) groups is 1. The van der Waals surface area contributed by atoms with Crippen LogP contribution >= 0.6 is 0 Å². The average molecular weight is 306 g/mol. The van der Waals surface area contributed by atoms with E-state index >= 15 is 0 Å². The third-order valence-electron chi connectivity index (χ3n) is 2.63. The van der Waals surface area contributed by atoms with Gasteiger partial charge in [0.1, 0.15) is 5.84 Å². The minimum atomic E-state index is -3.72. The highest BCUT2D eigenvalue weighted by Crippen LogP contribution is 2.05. The summed E-state index contributed by atoms with van der Waals surface area (Å²) in [5, 5.41) is 1.77. The highest BCUT2D eigenvalue weighted by Gasteiger charge is 2.21. The van der Waals surface area contributed by atoms with Gasteiger partial charge >= 0.3 is 12.1 Å². The quantitative estimate of drug-likeness (QED) is 0.668. The summed E-state index contributed by atoms with van der Waals surface area (Å²) in [7, 11) is -2.69. The van der Waals surface area contributed by atoms with E-state index in [0.29, 0.717) is 23.1 Å². The van der Waals surface area contributed by atoms with Gasteiger partial charge in [-0.25, -0.2) is 33.1 Å². The predicted molar refractivity (Wildman–Crippen MR) is 71.5 cm³/mol. The monoisotopic (exact) mass is 306 g/mol. The number of amidine groups is 1. The Morgan fingerprint density at radius 2 is 2.00 bits per heavy atom. The largest absolute Gasteiger partial charge is 0.439 e. The predicted octanol–water partition coefficient (Wildman–Crippen LogP) is 0.201. The number of imide groups is 1. The number of hydroxylamine groups is 1. The summed E-state index contributed by atoms with van der Waals surface area (Å²) in [5.41, 5.74) is 2.36. The van der Waals surface area contributed by atoms with Crippen LogP contribution in [0.25, 0.3) is 0 Å². The maximum atomic E-state index is 11.4. The minimum Gasteiger partial charge on any atom is -0.323 e. The topological polar surface area (TPSA) is 117 Å². The lowest BCUT2D eigenvalue weighted by Gasteiger charge is -2.14. The molecule has 1 aliphatic rings. The lowest BCUT2D eigenvalue weighted by molar-refractivity contribution is 0.120. The van der Waals surface area contributed by atoms with Crippen molar-refractivity contribution >= 4 is 28.0 Å². The summed E-state index contributed by atoms with van der Waals surface area (Å²) >= 11 is 0. The molecule has 114 valence electrons. The number of rotatable bonds is 1. The summed E-state index contributed by atoms with van der Waals surface area (Å²) in [6.07, 6.45) is 3.37. The zero-order valence-corrected chi connectivity index (χ0v) is 12.2. The third-order valence-corrected chi connectivity index (χ3v) is 3.79. The molecule has 0 radical (unpaired) electrons. The number of hydrogen-bond donors (Lipinski definition) is 2. The zero-order valence-electron chi connectivity index (χ0n) is 11.4. The first-order valence-electron chi connectivity index (χ1n) is 6.05. The van der Waals surface area contributed by atoms with E-state index in [2.05, 4.69) is 15.3 Å². The van der Waals surface area contributed by atoms with Crippen molar-refractivity contribution in [1.29, 1.82) is 0 Å². The highest BCUT2D eigenvalue weighted by molar-refractivity contribution is 7.88. The van der Waals surface area contributed by atoms with E-state index < -0.39 is 22.1 Å². The standard InChI is InChI=1S/C10H18N4O5S/c1-14(20(2,17)18)9(15)12-10(16)19-13-8-6-4-3-5-7-11-8/h3-7H2,1-2H3,(H,11,13)(H,12,15,16). The first-order chi connectivity index (χ1) is 9.30. The molecule has 0 fully saturated rings. The van der Waals surface area contributed by atoms with Crippen molar-refractivity contribution in [3.8, 4) is 0 Å². The molecule has 1 aliphatic heterocycles. The van der Waals surface area contributed by atoms with E-state index in [-0.39, 0.29) is 0 Å². The Labute approximate surface area is 117 Å². The molecule has 0 aromatic heterocycles. The minimum absolute atomic E-state index is 0.400. The van der Waals surface area contributed by atoms with Crippen molar-refractivity contribution in [1.82, 2.24) is 15.1 Å². The van der Waals surface area contributed by atoms with E-state index in [1.807, 2.05) is 0 Å². The van der Waals surface area contributed by atoms with Crippen LogP contribution in [0.3, 0.4) is 0 Å². The fourth-order valence-electron chi connectivity index (χ4n) is 1.40. The van der Waals surface area contributed by atoms with Gasteiger partial charge in [0.2, 0.25) is 10.0 Å². The molecule has 0 unspecified atom stereocenters. The molecule has 20 heavy (non-hydrogen) atoms. The van der Waals surface area contributed by atoms with Crippen LogP contribution in [0.1, 0.15) is 25.7 Å². The van der Waals surface area contributed by atoms with Gasteiger partial charge in [-0.05, 0) is 12.8 Å². The number of nitrogens with one attached hydrogen (secondary N) is 2. The number of nitrogens with zero attached hydrogens (tertiary/aromatic N) is 2. The van der Waals surface area contributed by atoms with E-state index in [1.54, 1.807) is 5.32 Å². The van der Waals surface area contributed by atoms with Crippen LogP contribution in [-0.2, 0) is 14.9 Å². The van der Waals surface area contributed by atoms with Crippen LogP contribution in [0.15, 0.2) is 4.99 Å². The van der Waals surface area contributed by atoms with Crippen molar-refractivity contribution < 1.29 is 22.8 Å². The molecule has 3 amide bonds. The number of carbonyl (C=O) groups excluding carboxylic acids is 2. The van der Waals surface area contributed by atoms with Gasteiger partial charge in [-0.15, -0.1) is 0 Å². The Morgan fingerprint density at radius 1 is 1.30 bits per heavy atom. The van der Waals surface area contributed by atoms with Crippen molar-refractivity contribution in [3.63, 3.8) is 0 Å². The van der Waals surface area contributed by atoms with Crippen molar-refractivity contribution in [2.24, 2.45) is 4.99 Å². The first-order valence-corrected chi connectivity index (χ1v) is 7.90. The molecule has 0 aliphatic carbocycles. The molecule has 0 atom stereocenters. The maximum absolute atomic E-state index is 11.4. The summed E-state index contributed by atoms with van der Waals surface area (Å²) in [6.45, 7) is 0.656. The normalized spacial score (nSPS) is 15.6. The second-order valence-electron chi connectivity index (χ2n) is 4.29. The second kappa shape index (κ2) is 7.08. The highest BCUT2D eigenvalue weighted by atomic mass is 32.2. The SMILES string of the molecule is CN(C(=O)NC(=O)ONC1=NCCCCC1)S(C)(=O)=O. The number of hydrogen-bond acceptors (Lipinski definition) is 7. The zero-order chi connectivity index (χ0) is 15.2. The number of carbonyl (C=O) groups is 2. The molecule has 0 saturated carbocycles.